The van der Waals surface area contributed by atoms with Crippen molar-refractivity contribution in [3.05, 3.63) is 71.0 Å². The van der Waals surface area contributed by atoms with E-state index in [9.17, 15) is 18.3 Å². The molecule has 6 heteroatoms. The first-order valence-corrected chi connectivity index (χ1v) is 8.54. The van der Waals surface area contributed by atoms with Crippen LogP contribution < -0.4 is 0 Å². The summed E-state index contributed by atoms with van der Waals surface area (Å²) in [7, 11) is 0. The first-order valence-electron chi connectivity index (χ1n) is 8.54. The highest BCUT2D eigenvalue weighted by atomic mass is 19.1. The van der Waals surface area contributed by atoms with Gasteiger partial charge in [0.2, 0.25) is 0 Å². The molecule has 0 saturated carbocycles. The molecule has 0 spiro atoms. The van der Waals surface area contributed by atoms with Gasteiger partial charge in [-0.3, -0.25) is 4.90 Å². The molecular formula is C20H24F3NO2. The Kier molecular flexibility index (Phi) is 7.63. The Hall–Kier alpha value is -1.89. The van der Waals surface area contributed by atoms with Crippen LogP contribution in [0.1, 0.15) is 25.0 Å². The molecule has 0 amide bonds. The molecule has 3 nitrogen and oxygen atoms in total. The summed E-state index contributed by atoms with van der Waals surface area (Å²) in [6.45, 7) is 4.70. The first kappa shape index (κ1) is 20.4. The molecule has 0 saturated heterocycles. The molecule has 0 fully saturated rings. The van der Waals surface area contributed by atoms with Gasteiger partial charge in [-0.25, -0.2) is 13.2 Å². The number of halogens is 3. The van der Waals surface area contributed by atoms with E-state index < -0.39 is 17.7 Å². The fourth-order valence-electron chi connectivity index (χ4n) is 2.58. The van der Waals surface area contributed by atoms with Crippen molar-refractivity contribution in [1.82, 2.24) is 4.90 Å². The smallest absolute Gasteiger partial charge is 0.130 e. The van der Waals surface area contributed by atoms with Crippen LogP contribution in [0.15, 0.2) is 42.5 Å². The lowest BCUT2D eigenvalue weighted by atomic mass is 10.1. The number of rotatable bonds is 9. The number of benzene rings is 2. The van der Waals surface area contributed by atoms with Crippen molar-refractivity contribution in [2.45, 2.75) is 39.1 Å². The molecule has 0 aromatic heterocycles. The third kappa shape index (κ3) is 6.78. The second-order valence-electron chi connectivity index (χ2n) is 6.57. The molecule has 0 bridgehead atoms. The summed E-state index contributed by atoms with van der Waals surface area (Å²) in [4.78, 5) is 1.82. The van der Waals surface area contributed by atoms with Gasteiger partial charge in [-0.05, 0) is 37.6 Å². The lowest BCUT2D eigenvalue weighted by molar-refractivity contribution is -0.0107. The third-order valence-corrected chi connectivity index (χ3v) is 3.82. The molecule has 2 rings (SSSR count). The summed E-state index contributed by atoms with van der Waals surface area (Å²) in [6.07, 6.45) is -0.772. The third-order valence-electron chi connectivity index (χ3n) is 3.82. The van der Waals surface area contributed by atoms with Crippen LogP contribution in [-0.2, 0) is 17.8 Å². The minimum Gasteiger partial charge on any atom is -0.389 e. The van der Waals surface area contributed by atoms with Gasteiger partial charge in [0.05, 0.1) is 18.8 Å². The van der Waals surface area contributed by atoms with Crippen LogP contribution >= 0.6 is 0 Å². The van der Waals surface area contributed by atoms with Gasteiger partial charge in [0.15, 0.2) is 0 Å². The zero-order chi connectivity index (χ0) is 19.1. The molecule has 0 aliphatic rings. The molecule has 1 unspecified atom stereocenters. The number of aliphatic hydroxyl groups is 1. The summed E-state index contributed by atoms with van der Waals surface area (Å²) in [5.41, 5.74) is 1.15. The van der Waals surface area contributed by atoms with Crippen LogP contribution in [0.3, 0.4) is 0 Å². The van der Waals surface area contributed by atoms with E-state index in [0.29, 0.717) is 12.1 Å². The van der Waals surface area contributed by atoms with Gasteiger partial charge in [-0.1, -0.05) is 18.2 Å². The Morgan fingerprint density at radius 1 is 0.962 bits per heavy atom. The topological polar surface area (TPSA) is 32.7 Å². The van der Waals surface area contributed by atoms with Gasteiger partial charge < -0.3 is 9.84 Å². The van der Waals surface area contributed by atoms with Crippen molar-refractivity contribution in [2.24, 2.45) is 0 Å². The summed E-state index contributed by atoms with van der Waals surface area (Å²) in [5, 5.41) is 10.2. The molecule has 1 N–H and O–H groups in total. The number of ether oxygens (including phenoxy) is 1. The van der Waals surface area contributed by atoms with E-state index in [2.05, 4.69) is 0 Å². The van der Waals surface area contributed by atoms with Crippen molar-refractivity contribution < 1.29 is 23.0 Å². The van der Waals surface area contributed by atoms with Crippen molar-refractivity contribution >= 4 is 0 Å². The number of hydrogen-bond donors (Lipinski definition) is 1. The van der Waals surface area contributed by atoms with E-state index in [4.69, 9.17) is 4.74 Å². The Balaban J connectivity index is 2.10. The van der Waals surface area contributed by atoms with E-state index in [1.54, 1.807) is 12.1 Å². The summed E-state index contributed by atoms with van der Waals surface area (Å²) in [6, 6.07) is 9.41. The average molecular weight is 367 g/mol. The minimum atomic E-state index is -0.763. The van der Waals surface area contributed by atoms with Crippen LogP contribution in [0, 0.1) is 17.5 Å². The maximum absolute atomic E-state index is 14.0. The molecular weight excluding hydrogens is 343 g/mol. The molecule has 0 aliphatic carbocycles. The zero-order valence-corrected chi connectivity index (χ0v) is 15.0. The van der Waals surface area contributed by atoms with E-state index in [0.717, 1.165) is 11.6 Å². The van der Waals surface area contributed by atoms with Crippen LogP contribution in [-0.4, -0.2) is 35.4 Å². The van der Waals surface area contributed by atoms with Crippen molar-refractivity contribution in [1.29, 1.82) is 0 Å². The molecule has 1 atom stereocenters. The highest BCUT2D eigenvalue weighted by molar-refractivity contribution is 5.20. The lowest BCUT2D eigenvalue weighted by Crippen LogP contribution is -2.35. The predicted octanol–water partition coefficient (Wildman–Crippen LogP) is 3.89. The predicted molar refractivity (Wildman–Crippen MR) is 94.0 cm³/mol. The summed E-state index contributed by atoms with van der Waals surface area (Å²) >= 11 is 0. The van der Waals surface area contributed by atoms with Gasteiger partial charge >= 0.3 is 0 Å². The zero-order valence-electron chi connectivity index (χ0n) is 15.0. The monoisotopic (exact) mass is 367 g/mol. The molecule has 2 aromatic rings. The minimum absolute atomic E-state index is 0.00950. The second kappa shape index (κ2) is 9.71. The van der Waals surface area contributed by atoms with Gasteiger partial charge in [-0.2, -0.15) is 0 Å². The second-order valence-corrected chi connectivity index (χ2v) is 6.57. The average Bonchev–Trinajstić information content (AvgIpc) is 2.57. The first-order chi connectivity index (χ1) is 12.3. The normalized spacial score (nSPS) is 12.8. The fraction of sp³-hybridized carbons (Fsp3) is 0.400. The Morgan fingerprint density at radius 2 is 1.62 bits per heavy atom. The van der Waals surface area contributed by atoms with E-state index in [1.165, 1.54) is 24.3 Å². The number of aliphatic hydroxyl groups excluding tert-OH is 1. The number of hydrogen-bond acceptors (Lipinski definition) is 3. The van der Waals surface area contributed by atoms with Gasteiger partial charge in [0.1, 0.15) is 17.5 Å². The van der Waals surface area contributed by atoms with Crippen molar-refractivity contribution in [3.63, 3.8) is 0 Å². The Bertz CT molecular complexity index is 692. The number of nitrogens with zero attached hydrogens (tertiary/aromatic N) is 1. The highest BCUT2D eigenvalue weighted by Gasteiger charge is 2.16. The Morgan fingerprint density at radius 3 is 2.23 bits per heavy atom. The summed E-state index contributed by atoms with van der Waals surface area (Å²) in [5.74, 6) is -1.61. The lowest BCUT2D eigenvalue weighted by Gasteiger charge is -2.26. The molecule has 0 radical (unpaired) electrons. The molecule has 26 heavy (non-hydrogen) atoms. The van der Waals surface area contributed by atoms with Gasteiger partial charge in [0, 0.05) is 31.3 Å². The maximum atomic E-state index is 14.0. The largest absolute Gasteiger partial charge is 0.389 e. The standard InChI is InChI=1S/C20H24F3NO2/c1-14(2)26-13-19(25)12-24(10-15-3-6-17(21)7-4-15)11-16-5-8-18(22)9-20(16)23/h3-9,14,19,25H,10-13H2,1-2H3. The van der Waals surface area contributed by atoms with Gasteiger partial charge in [-0.15, -0.1) is 0 Å². The van der Waals surface area contributed by atoms with Gasteiger partial charge in [0.25, 0.3) is 0 Å². The van der Waals surface area contributed by atoms with Crippen LogP contribution in [0.2, 0.25) is 0 Å². The summed E-state index contributed by atoms with van der Waals surface area (Å²) < 4.78 is 45.6. The maximum Gasteiger partial charge on any atom is 0.130 e. The van der Waals surface area contributed by atoms with E-state index in [-0.39, 0.29) is 31.6 Å². The fourth-order valence-corrected chi connectivity index (χ4v) is 2.58. The van der Waals surface area contributed by atoms with Crippen molar-refractivity contribution in [2.75, 3.05) is 13.2 Å². The van der Waals surface area contributed by atoms with Crippen LogP contribution in [0.4, 0.5) is 13.2 Å². The highest BCUT2D eigenvalue weighted by Crippen LogP contribution is 2.15. The van der Waals surface area contributed by atoms with E-state index >= 15 is 0 Å². The molecule has 0 heterocycles. The Labute approximate surface area is 152 Å². The molecule has 0 aliphatic heterocycles. The van der Waals surface area contributed by atoms with Crippen molar-refractivity contribution in [3.8, 4) is 0 Å². The SMILES string of the molecule is CC(C)OCC(O)CN(Cc1ccc(F)cc1)Cc1ccc(F)cc1F. The molecule has 2 aromatic carbocycles. The van der Waals surface area contributed by atoms with E-state index in [1.807, 2.05) is 18.7 Å². The van der Waals surface area contributed by atoms with Crippen LogP contribution in [0.5, 0.6) is 0 Å². The molecule has 142 valence electrons. The quantitative estimate of drug-likeness (QED) is 0.730. The van der Waals surface area contributed by atoms with Crippen LogP contribution in [0.25, 0.3) is 0 Å².